The summed E-state index contributed by atoms with van der Waals surface area (Å²) in [4.78, 5) is 54.9. The molecule has 0 aromatic heterocycles. The van der Waals surface area contributed by atoms with Crippen molar-refractivity contribution in [3.05, 3.63) is 35.4 Å². The summed E-state index contributed by atoms with van der Waals surface area (Å²) in [5, 5.41) is 0. The van der Waals surface area contributed by atoms with E-state index in [1.54, 1.807) is 0 Å². The standard InChI is InChI=1S/C24H24N2O6/c27-21-17-13-5-6-14(31-13)18(17)22(28)25(21)9-11-3-1-2-4-12(11)10-26-23(29)19-15-7-8-16(32-15)20(19)24(26)30/h1-4,13-20H,5-10H2/t13-,14-,15-,16+,17-,18+,19-,20+/m0/s1. The zero-order valence-electron chi connectivity index (χ0n) is 17.5. The molecule has 7 rings (SSSR count). The third-order valence-corrected chi connectivity index (χ3v) is 8.53. The molecule has 8 atom stereocenters. The van der Waals surface area contributed by atoms with Crippen molar-refractivity contribution in [2.75, 3.05) is 0 Å². The Hall–Kier alpha value is -2.58. The summed E-state index contributed by atoms with van der Waals surface area (Å²) in [6, 6.07) is 7.45. The van der Waals surface area contributed by atoms with Gasteiger partial charge in [0.15, 0.2) is 0 Å². The summed E-state index contributed by atoms with van der Waals surface area (Å²) in [6.45, 7) is 0.329. The van der Waals surface area contributed by atoms with Crippen LogP contribution in [0.2, 0.25) is 0 Å². The number of nitrogens with zero attached hydrogens (tertiary/aromatic N) is 2. The van der Waals surface area contributed by atoms with E-state index in [1.165, 1.54) is 9.80 Å². The van der Waals surface area contributed by atoms with Crippen LogP contribution in [0.15, 0.2) is 24.3 Å². The third kappa shape index (κ3) is 2.34. The summed E-state index contributed by atoms with van der Waals surface area (Å²) >= 11 is 0. The van der Waals surface area contributed by atoms with E-state index in [2.05, 4.69) is 0 Å². The number of rotatable bonds is 4. The molecule has 32 heavy (non-hydrogen) atoms. The molecule has 6 aliphatic rings. The lowest BCUT2D eigenvalue weighted by molar-refractivity contribution is -0.145. The van der Waals surface area contributed by atoms with Crippen molar-refractivity contribution in [1.82, 2.24) is 9.80 Å². The Bertz CT molecular complexity index is 931. The van der Waals surface area contributed by atoms with Crippen molar-refractivity contribution in [3.8, 4) is 0 Å². The quantitative estimate of drug-likeness (QED) is 0.654. The summed E-state index contributed by atoms with van der Waals surface area (Å²) in [5.41, 5.74) is 1.58. The Labute approximate surface area is 184 Å². The first kappa shape index (κ1) is 18.9. The van der Waals surface area contributed by atoms with Gasteiger partial charge in [0.25, 0.3) is 0 Å². The van der Waals surface area contributed by atoms with E-state index < -0.39 is 0 Å². The zero-order valence-corrected chi connectivity index (χ0v) is 17.5. The summed E-state index contributed by atoms with van der Waals surface area (Å²) in [6.07, 6.45) is 2.78. The predicted molar refractivity (Wildman–Crippen MR) is 107 cm³/mol. The fourth-order valence-electron chi connectivity index (χ4n) is 7.07. The highest BCUT2D eigenvalue weighted by atomic mass is 16.5. The van der Waals surface area contributed by atoms with Gasteiger partial charge in [0, 0.05) is 0 Å². The fourth-order valence-corrected chi connectivity index (χ4v) is 7.07. The Morgan fingerprint density at radius 1 is 0.594 bits per heavy atom. The SMILES string of the molecule is O=C1[C@@H]2[C@H](C(=O)N1Cc1ccccc1CN1C(=O)[C@@H]3[C@H](C1=O)[C@H]1CC[C@@H]3O1)[C@@H]1CC[C@@H]2O1. The van der Waals surface area contributed by atoms with E-state index in [0.717, 1.165) is 36.8 Å². The molecule has 1 aromatic carbocycles. The van der Waals surface area contributed by atoms with E-state index in [-0.39, 0.29) is 84.8 Å². The van der Waals surface area contributed by atoms with Crippen molar-refractivity contribution in [2.24, 2.45) is 23.7 Å². The van der Waals surface area contributed by atoms with E-state index in [9.17, 15) is 19.2 Å². The summed E-state index contributed by atoms with van der Waals surface area (Å²) in [7, 11) is 0. The van der Waals surface area contributed by atoms with Gasteiger partial charge in [0.1, 0.15) is 0 Å². The molecule has 0 radical (unpaired) electrons. The maximum atomic E-state index is 13.1. The van der Waals surface area contributed by atoms with Gasteiger partial charge in [-0.15, -0.1) is 0 Å². The molecule has 6 aliphatic heterocycles. The number of likely N-dealkylation sites (tertiary alicyclic amines) is 2. The van der Waals surface area contributed by atoms with Crippen LogP contribution in [0.5, 0.6) is 0 Å². The predicted octanol–water partition coefficient (Wildman–Crippen LogP) is 1.01. The largest absolute Gasteiger partial charge is 0.373 e. The number of carbonyl (C=O) groups excluding carboxylic acids is 4. The van der Waals surface area contributed by atoms with Gasteiger partial charge in [-0.2, -0.15) is 0 Å². The lowest BCUT2D eigenvalue weighted by Crippen LogP contribution is -2.36. The second-order valence-electron chi connectivity index (χ2n) is 9.98. The highest BCUT2D eigenvalue weighted by Crippen LogP contribution is 2.50. The molecule has 0 spiro atoms. The Balaban J connectivity index is 1.14. The zero-order chi connectivity index (χ0) is 21.7. The normalized spacial score (nSPS) is 41.4. The number of imide groups is 2. The van der Waals surface area contributed by atoms with Crippen molar-refractivity contribution < 1.29 is 28.7 Å². The molecule has 8 nitrogen and oxygen atoms in total. The van der Waals surface area contributed by atoms with Crippen LogP contribution in [0, 0.1) is 23.7 Å². The first-order valence-electron chi connectivity index (χ1n) is 11.6. The molecule has 6 heterocycles. The molecule has 8 heteroatoms. The van der Waals surface area contributed by atoms with Gasteiger partial charge in [-0.3, -0.25) is 29.0 Å². The maximum Gasteiger partial charge on any atom is 0.236 e. The maximum absolute atomic E-state index is 13.1. The molecule has 0 aliphatic carbocycles. The van der Waals surface area contributed by atoms with Gasteiger partial charge < -0.3 is 9.47 Å². The number of amides is 4. The molecule has 6 fully saturated rings. The number of ether oxygens (including phenoxy) is 2. The minimum absolute atomic E-state index is 0.140. The van der Waals surface area contributed by atoms with Crippen LogP contribution in [-0.4, -0.2) is 57.8 Å². The molecule has 4 bridgehead atoms. The van der Waals surface area contributed by atoms with E-state index in [1.807, 2.05) is 24.3 Å². The van der Waals surface area contributed by atoms with Crippen molar-refractivity contribution in [1.29, 1.82) is 0 Å². The molecule has 4 amide bonds. The van der Waals surface area contributed by atoms with E-state index >= 15 is 0 Å². The molecule has 0 unspecified atom stereocenters. The minimum Gasteiger partial charge on any atom is -0.373 e. The first-order chi connectivity index (χ1) is 15.5. The topological polar surface area (TPSA) is 93.2 Å². The van der Waals surface area contributed by atoms with E-state index in [4.69, 9.17) is 9.47 Å². The van der Waals surface area contributed by atoms with Crippen LogP contribution in [0.1, 0.15) is 36.8 Å². The fraction of sp³-hybridized carbons (Fsp3) is 0.583. The highest BCUT2D eigenvalue weighted by Gasteiger charge is 2.63. The Morgan fingerprint density at radius 2 is 0.906 bits per heavy atom. The van der Waals surface area contributed by atoms with Crippen molar-refractivity contribution >= 4 is 23.6 Å². The van der Waals surface area contributed by atoms with Gasteiger partial charge in [-0.1, -0.05) is 24.3 Å². The second-order valence-corrected chi connectivity index (χ2v) is 9.98. The number of carbonyl (C=O) groups is 4. The van der Waals surface area contributed by atoms with Crippen LogP contribution in [0.25, 0.3) is 0 Å². The van der Waals surface area contributed by atoms with Crippen LogP contribution >= 0.6 is 0 Å². The molecule has 1 aromatic rings. The summed E-state index contributed by atoms with van der Waals surface area (Å²) in [5.74, 6) is -2.04. The van der Waals surface area contributed by atoms with Gasteiger partial charge in [0.05, 0.1) is 61.2 Å². The van der Waals surface area contributed by atoms with Gasteiger partial charge >= 0.3 is 0 Å². The Kier molecular flexibility index (Phi) is 3.84. The third-order valence-electron chi connectivity index (χ3n) is 8.53. The average molecular weight is 436 g/mol. The molecular formula is C24H24N2O6. The molecule has 166 valence electrons. The minimum atomic E-state index is -0.356. The van der Waals surface area contributed by atoms with Gasteiger partial charge in [-0.05, 0) is 36.8 Å². The van der Waals surface area contributed by atoms with Crippen molar-refractivity contribution in [2.45, 2.75) is 63.2 Å². The van der Waals surface area contributed by atoms with Crippen LogP contribution in [-0.2, 0) is 41.7 Å². The van der Waals surface area contributed by atoms with Crippen LogP contribution in [0.3, 0.4) is 0 Å². The monoisotopic (exact) mass is 436 g/mol. The second kappa shape index (κ2) is 6.48. The first-order valence-corrected chi connectivity index (χ1v) is 11.6. The number of hydrogen-bond donors (Lipinski definition) is 0. The number of hydrogen-bond acceptors (Lipinski definition) is 6. The van der Waals surface area contributed by atoms with E-state index in [0.29, 0.717) is 0 Å². The highest BCUT2D eigenvalue weighted by molar-refractivity contribution is 6.07. The number of fused-ring (bicyclic) bond motifs is 10. The average Bonchev–Trinajstić information content (AvgIpc) is 3.62. The molecule has 0 saturated carbocycles. The van der Waals surface area contributed by atoms with Crippen LogP contribution in [0.4, 0.5) is 0 Å². The number of benzene rings is 1. The Morgan fingerprint density at radius 3 is 1.22 bits per heavy atom. The van der Waals surface area contributed by atoms with Crippen LogP contribution < -0.4 is 0 Å². The molecule has 0 N–H and O–H groups in total. The lowest BCUT2D eigenvalue weighted by Gasteiger charge is -2.22. The molecule has 6 saturated heterocycles. The molecular weight excluding hydrogens is 412 g/mol. The smallest absolute Gasteiger partial charge is 0.236 e. The summed E-state index contributed by atoms with van der Waals surface area (Å²) < 4.78 is 11.6. The van der Waals surface area contributed by atoms with Gasteiger partial charge in [0.2, 0.25) is 23.6 Å². The lowest BCUT2D eigenvalue weighted by atomic mass is 9.81. The van der Waals surface area contributed by atoms with Gasteiger partial charge in [-0.25, -0.2) is 0 Å². The van der Waals surface area contributed by atoms with Crippen molar-refractivity contribution in [3.63, 3.8) is 0 Å².